The molecule has 1 aliphatic rings. The summed E-state index contributed by atoms with van der Waals surface area (Å²) in [5.74, 6) is -0.00786. The van der Waals surface area contributed by atoms with E-state index in [2.05, 4.69) is 10.6 Å². The van der Waals surface area contributed by atoms with Gasteiger partial charge in [-0.05, 0) is 44.7 Å². The predicted molar refractivity (Wildman–Crippen MR) is 110 cm³/mol. The molecule has 2 N–H and O–H groups in total. The Bertz CT molecular complexity index is 672. The first kappa shape index (κ1) is 22.3. The Morgan fingerprint density at radius 2 is 1.82 bits per heavy atom. The number of benzene rings is 1. The minimum absolute atomic E-state index is 0.0219. The van der Waals surface area contributed by atoms with Crippen molar-refractivity contribution in [3.8, 4) is 0 Å². The van der Waals surface area contributed by atoms with Gasteiger partial charge in [0.25, 0.3) is 5.91 Å². The van der Waals surface area contributed by atoms with E-state index in [1.165, 1.54) is 43.9 Å². The number of rotatable bonds is 9. The summed E-state index contributed by atoms with van der Waals surface area (Å²) in [5, 5.41) is 5.58. The molecule has 6 nitrogen and oxygen atoms in total. The van der Waals surface area contributed by atoms with E-state index in [-0.39, 0.29) is 30.2 Å². The van der Waals surface area contributed by atoms with E-state index < -0.39 is 5.97 Å². The lowest BCUT2D eigenvalue weighted by atomic mass is 9.89. The van der Waals surface area contributed by atoms with Gasteiger partial charge < -0.3 is 15.4 Å². The first-order valence-electron chi connectivity index (χ1n) is 9.92. The first-order valence-corrected chi connectivity index (χ1v) is 10.9. The van der Waals surface area contributed by atoms with Gasteiger partial charge in [-0.3, -0.25) is 14.4 Å². The molecule has 28 heavy (non-hydrogen) atoms. The Morgan fingerprint density at radius 3 is 2.54 bits per heavy atom. The fourth-order valence-corrected chi connectivity index (χ4v) is 4.06. The van der Waals surface area contributed by atoms with Crippen LogP contribution < -0.4 is 10.6 Å². The first-order chi connectivity index (χ1) is 13.5. The number of amides is 2. The lowest BCUT2D eigenvalue weighted by Crippen LogP contribution is -2.32. The molecular weight excluding hydrogens is 376 g/mol. The molecule has 1 fully saturated rings. The third-order valence-electron chi connectivity index (χ3n) is 4.56. The van der Waals surface area contributed by atoms with Crippen LogP contribution in [0, 0.1) is 5.92 Å². The molecule has 1 aromatic rings. The number of hydrogen-bond acceptors (Lipinski definition) is 5. The van der Waals surface area contributed by atoms with E-state index in [0.717, 1.165) is 6.54 Å². The van der Waals surface area contributed by atoms with Crippen molar-refractivity contribution in [3.63, 3.8) is 0 Å². The van der Waals surface area contributed by atoms with Crippen molar-refractivity contribution in [2.45, 2.75) is 57.0 Å². The molecule has 0 aromatic heterocycles. The summed E-state index contributed by atoms with van der Waals surface area (Å²) in [7, 11) is 0. The quantitative estimate of drug-likeness (QED) is 0.486. The number of esters is 1. The number of carbonyl (C=O) groups is 3. The van der Waals surface area contributed by atoms with Gasteiger partial charge in [-0.25, -0.2) is 0 Å². The number of thioether (sulfide) groups is 1. The van der Waals surface area contributed by atoms with E-state index in [0.29, 0.717) is 16.4 Å². The molecule has 0 spiro atoms. The maximum Gasteiger partial charge on any atom is 0.325 e. The Morgan fingerprint density at radius 1 is 1.11 bits per heavy atom. The van der Waals surface area contributed by atoms with Crippen LogP contribution in [0.3, 0.4) is 0 Å². The third-order valence-corrected chi connectivity index (χ3v) is 5.64. The van der Waals surface area contributed by atoms with Crippen molar-refractivity contribution in [1.82, 2.24) is 10.6 Å². The van der Waals surface area contributed by atoms with Crippen molar-refractivity contribution < 1.29 is 19.1 Å². The van der Waals surface area contributed by atoms with E-state index >= 15 is 0 Å². The fraction of sp³-hybridized carbons (Fsp3) is 0.571. The highest BCUT2D eigenvalue weighted by Gasteiger charge is 2.16. The van der Waals surface area contributed by atoms with Crippen LogP contribution in [0.25, 0.3) is 0 Å². The van der Waals surface area contributed by atoms with Gasteiger partial charge in [0.15, 0.2) is 0 Å². The molecule has 0 saturated heterocycles. The van der Waals surface area contributed by atoms with Crippen LogP contribution in [-0.2, 0) is 14.3 Å². The highest BCUT2D eigenvalue weighted by Crippen LogP contribution is 2.24. The fourth-order valence-electron chi connectivity index (χ4n) is 3.18. The molecule has 0 bridgehead atoms. The summed E-state index contributed by atoms with van der Waals surface area (Å²) in [4.78, 5) is 36.9. The standard InChI is InChI=1S/C21H30N2O4S/c1-15(2)27-20(25)13-23-21(26)17-10-6-7-11-18(17)28-14-19(24)22-12-16-8-4-3-5-9-16/h6-7,10-11,15-16H,3-5,8-9,12-14H2,1-2H3,(H,22,24)(H,23,26). The molecule has 1 aliphatic carbocycles. The zero-order chi connectivity index (χ0) is 20.4. The maximum atomic E-state index is 12.4. The van der Waals surface area contributed by atoms with Crippen molar-refractivity contribution in [1.29, 1.82) is 0 Å². The molecule has 2 rings (SSSR count). The average Bonchev–Trinajstić information content (AvgIpc) is 2.69. The van der Waals surface area contributed by atoms with E-state index in [1.807, 2.05) is 6.07 Å². The summed E-state index contributed by atoms with van der Waals surface area (Å²) in [6.45, 7) is 4.06. The summed E-state index contributed by atoms with van der Waals surface area (Å²) < 4.78 is 5.01. The number of hydrogen-bond donors (Lipinski definition) is 2. The van der Waals surface area contributed by atoms with Crippen molar-refractivity contribution in [2.75, 3.05) is 18.8 Å². The molecular formula is C21H30N2O4S. The molecule has 0 unspecified atom stereocenters. The molecule has 154 valence electrons. The van der Waals surface area contributed by atoms with Crippen molar-refractivity contribution in [2.24, 2.45) is 5.92 Å². The Hall–Kier alpha value is -2.02. The van der Waals surface area contributed by atoms with Gasteiger partial charge in [-0.15, -0.1) is 11.8 Å². The van der Waals surface area contributed by atoms with Crippen LogP contribution in [-0.4, -0.2) is 42.7 Å². The molecule has 1 saturated carbocycles. The van der Waals surface area contributed by atoms with Gasteiger partial charge in [0.1, 0.15) is 6.54 Å². The van der Waals surface area contributed by atoms with Crippen LogP contribution in [0.2, 0.25) is 0 Å². The Labute approximate surface area is 171 Å². The van der Waals surface area contributed by atoms with E-state index in [4.69, 9.17) is 4.74 Å². The molecule has 7 heteroatoms. The van der Waals surface area contributed by atoms with E-state index in [9.17, 15) is 14.4 Å². The molecule has 2 amide bonds. The molecule has 0 aliphatic heterocycles. The third kappa shape index (κ3) is 7.92. The van der Waals surface area contributed by atoms with Crippen LogP contribution in [0.15, 0.2) is 29.2 Å². The number of ether oxygens (including phenoxy) is 1. The molecule has 0 atom stereocenters. The number of nitrogens with one attached hydrogen (secondary N) is 2. The van der Waals surface area contributed by atoms with Crippen LogP contribution in [0.5, 0.6) is 0 Å². The van der Waals surface area contributed by atoms with Gasteiger partial charge in [0.05, 0.1) is 17.4 Å². The Balaban J connectivity index is 1.81. The SMILES string of the molecule is CC(C)OC(=O)CNC(=O)c1ccccc1SCC(=O)NCC1CCCCC1. The maximum absolute atomic E-state index is 12.4. The lowest BCUT2D eigenvalue weighted by molar-refractivity contribution is -0.146. The largest absolute Gasteiger partial charge is 0.462 e. The van der Waals surface area contributed by atoms with Gasteiger partial charge in [0, 0.05) is 11.4 Å². The average molecular weight is 407 g/mol. The summed E-state index contributed by atoms with van der Waals surface area (Å²) in [6.07, 6.45) is 5.96. The monoisotopic (exact) mass is 406 g/mol. The molecule has 0 heterocycles. The minimum atomic E-state index is -0.476. The lowest BCUT2D eigenvalue weighted by Gasteiger charge is -2.21. The van der Waals surface area contributed by atoms with Crippen LogP contribution in [0.1, 0.15) is 56.3 Å². The number of carbonyl (C=O) groups excluding carboxylic acids is 3. The molecule has 0 radical (unpaired) electrons. The van der Waals surface area contributed by atoms with Crippen molar-refractivity contribution in [3.05, 3.63) is 29.8 Å². The molecule has 1 aromatic carbocycles. The minimum Gasteiger partial charge on any atom is -0.462 e. The van der Waals surface area contributed by atoms with Crippen LogP contribution in [0.4, 0.5) is 0 Å². The highest BCUT2D eigenvalue weighted by atomic mass is 32.2. The summed E-state index contributed by atoms with van der Waals surface area (Å²) >= 11 is 1.33. The second kappa shape index (κ2) is 11.7. The second-order valence-corrected chi connectivity index (χ2v) is 8.33. The van der Waals surface area contributed by atoms with Crippen LogP contribution >= 0.6 is 11.8 Å². The Kier molecular flexibility index (Phi) is 9.34. The predicted octanol–water partition coefficient (Wildman–Crippen LogP) is 3.16. The highest BCUT2D eigenvalue weighted by molar-refractivity contribution is 8.00. The topological polar surface area (TPSA) is 84.5 Å². The normalized spacial score (nSPS) is 14.5. The van der Waals surface area contributed by atoms with Crippen molar-refractivity contribution >= 4 is 29.5 Å². The van der Waals surface area contributed by atoms with Gasteiger partial charge >= 0.3 is 5.97 Å². The smallest absolute Gasteiger partial charge is 0.325 e. The van der Waals surface area contributed by atoms with Gasteiger partial charge in [0.2, 0.25) is 5.91 Å². The van der Waals surface area contributed by atoms with Gasteiger partial charge in [-0.1, -0.05) is 31.4 Å². The zero-order valence-corrected chi connectivity index (χ0v) is 17.5. The summed E-state index contributed by atoms with van der Waals surface area (Å²) in [6, 6.07) is 7.08. The van der Waals surface area contributed by atoms with Gasteiger partial charge in [-0.2, -0.15) is 0 Å². The van der Waals surface area contributed by atoms with E-state index in [1.54, 1.807) is 32.0 Å². The zero-order valence-electron chi connectivity index (χ0n) is 16.7. The summed E-state index contributed by atoms with van der Waals surface area (Å²) in [5.41, 5.74) is 0.449. The second-order valence-electron chi connectivity index (χ2n) is 7.31.